The summed E-state index contributed by atoms with van der Waals surface area (Å²) in [5, 5.41) is 2.27. The van der Waals surface area contributed by atoms with Crippen molar-refractivity contribution < 1.29 is 19.1 Å². The summed E-state index contributed by atoms with van der Waals surface area (Å²) in [4.78, 5) is 24.7. The second-order valence-electron chi connectivity index (χ2n) is 6.64. The Kier molecular flexibility index (Phi) is 4.94. The van der Waals surface area contributed by atoms with Gasteiger partial charge in [0.05, 0.1) is 14.2 Å². The third kappa shape index (κ3) is 3.15. The minimum atomic E-state index is -0.805. The molecule has 1 aliphatic rings. The maximum atomic E-state index is 12.4. The van der Waals surface area contributed by atoms with Crippen molar-refractivity contribution in [2.45, 2.75) is 19.8 Å². The van der Waals surface area contributed by atoms with Crippen molar-refractivity contribution in [3.63, 3.8) is 0 Å². The first-order chi connectivity index (χ1) is 12.5. The summed E-state index contributed by atoms with van der Waals surface area (Å²) in [5.41, 5.74) is 1.23. The van der Waals surface area contributed by atoms with Crippen LogP contribution in [-0.2, 0) is 25.5 Å². The zero-order chi connectivity index (χ0) is 18.7. The molecule has 2 aromatic rings. The fourth-order valence-electron chi connectivity index (χ4n) is 3.67. The van der Waals surface area contributed by atoms with Gasteiger partial charge >= 0.3 is 11.9 Å². The molecule has 0 aliphatic heterocycles. The highest BCUT2D eigenvalue weighted by molar-refractivity contribution is 5.98. The van der Waals surface area contributed by atoms with Crippen LogP contribution >= 0.6 is 0 Å². The smallest absolute Gasteiger partial charge is 0.334 e. The van der Waals surface area contributed by atoms with Gasteiger partial charge in [0, 0.05) is 16.6 Å². The molecule has 0 radical (unpaired) electrons. The maximum Gasteiger partial charge on any atom is 0.334 e. The molecule has 26 heavy (non-hydrogen) atoms. The lowest BCUT2D eigenvalue weighted by Crippen LogP contribution is -2.35. The molecule has 0 unspecified atom stereocenters. The van der Waals surface area contributed by atoms with Crippen molar-refractivity contribution in [3.8, 4) is 0 Å². The van der Waals surface area contributed by atoms with Gasteiger partial charge in [0.2, 0.25) is 0 Å². The molecule has 0 heterocycles. The molecular weight excluding hydrogens is 328 g/mol. The molecule has 4 nitrogen and oxygen atoms in total. The second-order valence-corrected chi connectivity index (χ2v) is 6.64. The molecular formula is C22H22O4. The summed E-state index contributed by atoms with van der Waals surface area (Å²) in [5.74, 6) is -0.828. The number of esters is 2. The van der Waals surface area contributed by atoms with Gasteiger partial charge in [-0.2, -0.15) is 0 Å². The highest BCUT2D eigenvalue weighted by atomic mass is 16.5. The molecule has 0 atom stereocenters. The van der Waals surface area contributed by atoms with E-state index in [1.165, 1.54) is 14.2 Å². The van der Waals surface area contributed by atoms with Gasteiger partial charge in [-0.3, -0.25) is 0 Å². The molecule has 134 valence electrons. The number of methoxy groups -OCH3 is 2. The van der Waals surface area contributed by atoms with E-state index >= 15 is 0 Å². The van der Waals surface area contributed by atoms with E-state index < -0.39 is 17.4 Å². The number of hydrogen-bond donors (Lipinski definition) is 0. The van der Waals surface area contributed by atoms with Crippen LogP contribution in [0.2, 0.25) is 0 Å². The molecule has 2 aromatic carbocycles. The van der Waals surface area contributed by atoms with Gasteiger partial charge in [-0.15, -0.1) is 0 Å². The largest absolute Gasteiger partial charge is 0.466 e. The Balaban J connectivity index is 2.05. The summed E-state index contributed by atoms with van der Waals surface area (Å²) < 4.78 is 9.94. The number of rotatable bonds is 4. The number of carbonyl (C=O) groups excluding carboxylic acids is 2. The molecule has 3 rings (SSSR count). The predicted octanol–water partition coefficient (Wildman–Crippen LogP) is 3.99. The van der Waals surface area contributed by atoms with Crippen LogP contribution in [-0.4, -0.2) is 26.2 Å². The molecule has 0 saturated carbocycles. The molecule has 0 aromatic heterocycles. The van der Waals surface area contributed by atoms with E-state index in [0.29, 0.717) is 24.0 Å². The number of fused-ring (bicyclic) bond motifs is 1. The Labute approximate surface area is 153 Å². The highest BCUT2D eigenvalue weighted by Gasteiger charge is 2.42. The quantitative estimate of drug-likeness (QED) is 0.783. The van der Waals surface area contributed by atoms with Crippen molar-refractivity contribution in [1.29, 1.82) is 0 Å². The summed E-state index contributed by atoms with van der Waals surface area (Å²) >= 11 is 0. The van der Waals surface area contributed by atoms with E-state index in [0.717, 1.165) is 16.3 Å². The van der Waals surface area contributed by atoms with Crippen molar-refractivity contribution in [2.24, 2.45) is 5.41 Å². The summed E-state index contributed by atoms with van der Waals surface area (Å²) in [7, 11) is 2.71. The normalized spacial score (nSPS) is 15.8. The highest BCUT2D eigenvalue weighted by Crippen LogP contribution is 2.43. The Morgan fingerprint density at radius 2 is 1.50 bits per heavy atom. The van der Waals surface area contributed by atoms with Crippen LogP contribution in [0.1, 0.15) is 18.9 Å². The number of allylic oxidation sites excluding steroid dienone is 2. The summed E-state index contributed by atoms with van der Waals surface area (Å²) in [6, 6.07) is 14.3. The lowest BCUT2D eigenvalue weighted by molar-refractivity contribution is -0.138. The molecule has 0 bridgehead atoms. The fraction of sp³-hybridized carbons (Fsp3) is 0.273. The van der Waals surface area contributed by atoms with Crippen molar-refractivity contribution >= 4 is 22.7 Å². The molecule has 1 aliphatic carbocycles. The predicted molar refractivity (Wildman–Crippen MR) is 101 cm³/mol. The van der Waals surface area contributed by atoms with Gasteiger partial charge in [-0.25, -0.2) is 9.59 Å². The summed E-state index contributed by atoms with van der Waals surface area (Å²) in [6.07, 6.45) is 4.67. The van der Waals surface area contributed by atoms with Crippen LogP contribution in [0.15, 0.2) is 65.8 Å². The zero-order valence-electron chi connectivity index (χ0n) is 15.2. The van der Waals surface area contributed by atoms with E-state index in [1.54, 1.807) is 0 Å². The Morgan fingerprint density at radius 1 is 0.923 bits per heavy atom. The van der Waals surface area contributed by atoms with Gasteiger partial charge in [0.25, 0.3) is 0 Å². The standard InChI is InChI=1S/C22H22O4/c1-22(14-15-11-12-16-7-4-5-8-17(16)13-15)18(20(23)25-2)9-6-10-19(22)21(24)26-3/h4-5,7-13H,6,14H2,1-3H3. The van der Waals surface area contributed by atoms with Crippen LogP contribution < -0.4 is 0 Å². The van der Waals surface area contributed by atoms with Gasteiger partial charge in [-0.05, 0) is 29.2 Å². The molecule has 0 spiro atoms. The average molecular weight is 350 g/mol. The molecule has 0 saturated heterocycles. The van der Waals surface area contributed by atoms with Gasteiger partial charge in [0.15, 0.2) is 0 Å². The zero-order valence-corrected chi connectivity index (χ0v) is 15.2. The molecule has 0 N–H and O–H groups in total. The second kappa shape index (κ2) is 7.16. The van der Waals surface area contributed by atoms with E-state index in [-0.39, 0.29) is 0 Å². The topological polar surface area (TPSA) is 52.6 Å². The monoisotopic (exact) mass is 350 g/mol. The van der Waals surface area contributed by atoms with Crippen LogP contribution in [0.5, 0.6) is 0 Å². The van der Waals surface area contributed by atoms with Crippen LogP contribution in [0.4, 0.5) is 0 Å². The van der Waals surface area contributed by atoms with Gasteiger partial charge in [-0.1, -0.05) is 61.5 Å². The van der Waals surface area contributed by atoms with E-state index in [4.69, 9.17) is 9.47 Å². The SMILES string of the molecule is COC(=O)C1=CCC=C(C(=O)OC)C1(C)Cc1ccc2ccccc2c1. The average Bonchev–Trinajstić information content (AvgIpc) is 2.66. The number of carbonyl (C=O) groups is 2. The molecule has 0 amide bonds. The Bertz CT molecular complexity index is 889. The van der Waals surface area contributed by atoms with Crippen molar-refractivity contribution in [2.75, 3.05) is 14.2 Å². The Hall–Kier alpha value is -2.88. The Morgan fingerprint density at radius 3 is 2.08 bits per heavy atom. The van der Waals surface area contributed by atoms with E-state index in [1.807, 2.05) is 37.3 Å². The third-order valence-electron chi connectivity index (χ3n) is 5.02. The first-order valence-corrected chi connectivity index (χ1v) is 8.55. The van der Waals surface area contributed by atoms with Crippen LogP contribution in [0, 0.1) is 5.41 Å². The van der Waals surface area contributed by atoms with E-state index in [2.05, 4.69) is 24.3 Å². The lowest BCUT2D eigenvalue weighted by Gasteiger charge is -2.35. The number of ether oxygens (including phenoxy) is 2. The van der Waals surface area contributed by atoms with Crippen LogP contribution in [0.25, 0.3) is 10.8 Å². The first kappa shape index (κ1) is 17.9. The van der Waals surface area contributed by atoms with Crippen molar-refractivity contribution in [3.05, 3.63) is 71.3 Å². The third-order valence-corrected chi connectivity index (χ3v) is 5.02. The molecule has 0 fully saturated rings. The fourth-order valence-corrected chi connectivity index (χ4v) is 3.67. The number of benzene rings is 2. The maximum absolute atomic E-state index is 12.4. The minimum Gasteiger partial charge on any atom is -0.466 e. The van der Waals surface area contributed by atoms with Gasteiger partial charge in [0.1, 0.15) is 0 Å². The van der Waals surface area contributed by atoms with Gasteiger partial charge < -0.3 is 9.47 Å². The van der Waals surface area contributed by atoms with Crippen LogP contribution in [0.3, 0.4) is 0 Å². The van der Waals surface area contributed by atoms with E-state index in [9.17, 15) is 9.59 Å². The molecule has 4 heteroatoms. The number of hydrogen-bond acceptors (Lipinski definition) is 4. The minimum absolute atomic E-state index is 0.414. The first-order valence-electron chi connectivity index (χ1n) is 8.55. The van der Waals surface area contributed by atoms with Crippen molar-refractivity contribution in [1.82, 2.24) is 0 Å². The summed E-state index contributed by atoms with van der Waals surface area (Å²) in [6.45, 7) is 1.90. The lowest BCUT2D eigenvalue weighted by atomic mass is 9.68.